The number of ether oxygens (including phenoxy) is 1. The van der Waals surface area contributed by atoms with E-state index in [9.17, 15) is 9.18 Å². The Morgan fingerprint density at radius 2 is 2.29 bits per heavy atom. The minimum Gasteiger partial charge on any atom is -0.465 e. The molecule has 0 unspecified atom stereocenters. The minimum atomic E-state index is -0.507. The zero-order valence-electron chi connectivity index (χ0n) is 9.83. The molecule has 0 bridgehead atoms. The van der Waals surface area contributed by atoms with Gasteiger partial charge < -0.3 is 10.1 Å². The maximum Gasteiger partial charge on any atom is 0.337 e. The molecule has 4 heteroatoms. The Balaban J connectivity index is 2.21. The molecule has 1 aliphatic rings. The molecule has 1 aromatic carbocycles. The molecule has 17 heavy (non-hydrogen) atoms. The van der Waals surface area contributed by atoms with Crippen LogP contribution < -0.4 is 5.32 Å². The second-order valence-electron chi connectivity index (χ2n) is 4.23. The topological polar surface area (TPSA) is 38.3 Å². The fraction of sp³-hybridized carbons (Fsp3) is 0.462. The maximum absolute atomic E-state index is 13.9. The number of hydrogen-bond donors (Lipinski definition) is 1. The molecule has 0 amide bonds. The van der Waals surface area contributed by atoms with E-state index in [1.165, 1.54) is 13.2 Å². The van der Waals surface area contributed by atoms with Gasteiger partial charge in [0.1, 0.15) is 5.82 Å². The molecule has 1 N–H and O–H groups in total. The second-order valence-corrected chi connectivity index (χ2v) is 4.23. The molecular weight excluding hydrogens is 221 g/mol. The fourth-order valence-corrected chi connectivity index (χ4v) is 2.17. The molecule has 0 saturated carbocycles. The van der Waals surface area contributed by atoms with Crippen molar-refractivity contribution < 1.29 is 13.9 Å². The predicted octanol–water partition coefficient (Wildman–Crippen LogP) is 2.43. The Hall–Kier alpha value is -1.42. The van der Waals surface area contributed by atoms with Gasteiger partial charge in [-0.1, -0.05) is 12.5 Å². The fourth-order valence-electron chi connectivity index (χ4n) is 2.17. The average molecular weight is 237 g/mol. The lowest BCUT2D eigenvalue weighted by molar-refractivity contribution is 0.0600. The first-order valence-corrected chi connectivity index (χ1v) is 5.83. The van der Waals surface area contributed by atoms with Crippen molar-refractivity contribution in [3.63, 3.8) is 0 Å². The smallest absolute Gasteiger partial charge is 0.337 e. The number of carbonyl (C=O) groups is 1. The van der Waals surface area contributed by atoms with Crippen LogP contribution in [0.15, 0.2) is 18.2 Å². The van der Waals surface area contributed by atoms with E-state index in [1.807, 2.05) is 0 Å². The van der Waals surface area contributed by atoms with E-state index in [4.69, 9.17) is 0 Å². The number of halogens is 1. The SMILES string of the molecule is COC(=O)c1ccc([C@@H]2CCCCN2)c(F)c1. The first kappa shape index (κ1) is 12.0. The summed E-state index contributed by atoms with van der Waals surface area (Å²) in [7, 11) is 1.29. The summed E-state index contributed by atoms with van der Waals surface area (Å²) in [5, 5.41) is 3.28. The van der Waals surface area contributed by atoms with Crippen molar-refractivity contribution in [3.8, 4) is 0 Å². The van der Waals surface area contributed by atoms with Crippen molar-refractivity contribution in [1.82, 2.24) is 5.32 Å². The van der Waals surface area contributed by atoms with Crippen LogP contribution >= 0.6 is 0 Å². The highest BCUT2D eigenvalue weighted by atomic mass is 19.1. The van der Waals surface area contributed by atoms with Crippen molar-refractivity contribution in [3.05, 3.63) is 35.1 Å². The first-order chi connectivity index (χ1) is 8.22. The van der Waals surface area contributed by atoms with Crippen LogP contribution in [-0.2, 0) is 4.74 Å². The number of rotatable bonds is 2. The van der Waals surface area contributed by atoms with Crippen molar-refractivity contribution in [1.29, 1.82) is 0 Å². The van der Waals surface area contributed by atoms with Crippen molar-refractivity contribution >= 4 is 5.97 Å². The Bertz CT molecular complexity index is 414. The molecule has 0 spiro atoms. The molecule has 92 valence electrons. The number of esters is 1. The Morgan fingerprint density at radius 1 is 1.47 bits per heavy atom. The lowest BCUT2D eigenvalue weighted by Crippen LogP contribution is -2.27. The van der Waals surface area contributed by atoms with Gasteiger partial charge in [-0.05, 0) is 31.5 Å². The van der Waals surface area contributed by atoms with Crippen LogP contribution in [0.4, 0.5) is 4.39 Å². The third-order valence-electron chi connectivity index (χ3n) is 3.11. The van der Waals surface area contributed by atoms with E-state index in [-0.39, 0.29) is 17.4 Å². The third kappa shape index (κ3) is 2.64. The summed E-state index contributed by atoms with van der Waals surface area (Å²) in [5.41, 5.74) is 0.891. The highest BCUT2D eigenvalue weighted by Crippen LogP contribution is 2.25. The average Bonchev–Trinajstić information content (AvgIpc) is 2.38. The normalized spacial score (nSPS) is 20.0. The molecule has 0 aliphatic carbocycles. The van der Waals surface area contributed by atoms with E-state index in [0.29, 0.717) is 5.56 Å². The number of carbonyl (C=O) groups excluding carboxylic acids is 1. The largest absolute Gasteiger partial charge is 0.465 e. The van der Waals surface area contributed by atoms with Crippen LogP contribution in [0.5, 0.6) is 0 Å². The lowest BCUT2D eigenvalue weighted by atomic mass is 9.96. The predicted molar refractivity (Wildman–Crippen MR) is 62.3 cm³/mol. The highest BCUT2D eigenvalue weighted by Gasteiger charge is 2.19. The Morgan fingerprint density at radius 3 is 2.88 bits per heavy atom. The van der Waals surface area contributed by atoms with Gasteiger partial charge in [0, 0.05) is 11.6 Å². The zero-order valence-corrected chi connectivity index (χ0v) is 9.83. The van der Waals surface area contributed by atoms with Gasteiger partial charge in [-0.25, -0.2) is 9.18 Å². The molecule has 1 saturated heterocycles. The van der Waals surface area contributed by atoms with E-state index in [2.05, 4.69) is 10.1 Å². The maximum atomic E-state index is 13.9. The molecule has 0 aromatic heterocycles. The van der Waals surface area contributed by atoms with Crippen molar-refractivity contribution in [2.75, 3.05) is 13.7 Å². The highest BCUT2D eigenvalue weighted by molar-refractivity contribution is 5.89. The van der Waals surface area contributed by atoms with Crippen LogP contribution in [0.25, 0.3) is 0 Å². The quantitative estimate of drug-likeness (QED) is 0.803. The molecule has 1 heterocycles. The summed E-state index contributed by atoms with van der Waals surface area (Å²) in [6.07, 6.45) is 3.18. The summed E-state index contributed by atoms with van der Waals surface area (Å²) in [5.74, 6) is -0.848. The minimum absolute atomic E-state index is 0.0652. The van der Waals surface area contributed by atoms with Crippen LogP contribution in [0.1, 0.15) is 41.2 Å². The van der Waals surface area contributed by atoms with Gasteiger partial charge in [0.2, 0.25) is 0 Å². The third-order valence-corrected chi connectivity index (χ3v) is 3.11. The summed E-state index contributed by atoms with van der Waals surface area (Å²) in [6, 6.07) is 4.60. The summed E-state index contributed by atoms with van der Waals surface area (Å²) in [4.78, 5) is 11.2. The van der Waals surface area contributed by atoms with Crippen LogP contribution in [-0.4, -0.2) is 19.6 Å². The molecule has 1 aromatic rings. The number of benzene rings is 1. The second kappa shape index (κ2) is 5.27. The van der Waals surface area contributed by atoms with Gasteiger partial charge in [-0.3, -0.25) is 0 Å². The van der Waals surface area contributed by atoms with Gasteiger partial charge in [0.05, 0.1) is 12.7 Å². The van der Waals surface area contributed by atoms with Crippen molar-refractivity contribution in [2.24, 2.45) is 0 Å². The molecule has 1 atom stereocenters. The molecule has 1 aliphatic heterocycles. The van der Waals surface area contributed by atoms with Crippen LogP contribution in [0, 0.1) is 5.82 Å². The number of hydrogen-bond acceptors (Lipinski definition) is 3. The summed E-state index contributed by atoms with van der Waals surface area (Å²) < 4.78 is 18.4. The van der Waals surface area contributed by atoms with E-state index < -0.39 is 5.97 Å². The molecule has 2 rings (SSSR count). The van der Waals surface area contributed by atoms with E-state index in [0.717, 1.165) is 25.8 Å². The lowest BCUT2D eigenvalue weighted by Gasteiger charge is -2.24. The molecule has 0 radical (unpaired) electrons. The van der Waals surface area contributed by atoms with Crippen LogP contribution in [0.2, 0.25) is 0 Å². The van der Waals surface area contributed by atoms with Gasteiger partial charge in [0.15, 0.2) is 0 Å². The first-order valence-electron chi connectivity index (χ1n) is 5.83. The summed E-state index contributed by atoms with van der Waals surface area (Å²) in [6.45, 7) is 0.920. The number of nitrogens with one attached hydrogen (secondary N) is 1. The van der Waals surface area contributed by atoms with Gasteiger partial charge >= 0.3 is 5.97 Å². The molecular formula is C13H16FNO2. The zero-order chi connectivity index (χ0) is 12.3. The molecule has 3 nitrogen and oxygen atoms in total. The van der Waals surface area contributed by atoms with E-state index >= 15 is 0 Å². The van der Waals surface area contributed by atoms with Crippen molar-refractivity contribution in [2.45, 2.75) is 25.3 Å². The Kier molecular flexibility index (Phi) is 3.74. The number of piperidine rings is 1. The van der Waals surface area contributed by atoms with Gasteiger partial charge in [-0.15, -0.1) is 0 Å². The number of methoxy groups -OCH3 is 1. The summed E-state index contributed by atoms with van der Waals surface area (Å²) >= 11 is 0. The monoisotopic (exact) mass is 237 g/mol. The van der Waals surface area contributed by atoms with Gasteiger partial charge in [0.25, 0.3) is 0 Å². The standard InChI is InChI=1S/C13H16FNO2/c1-17-13(16)9-5-6-10(11(14)8-9)12-4-2-3-7-15-12/h5-6,8,12,15H,2-4,7H2,1H3/t12-/m0/s1. The molecule has 1 fully saturated rings. The van der Waals surface area contributed by atoms with Gasteiger partial charge in [-0.2, -0.15) is 0 Å². The van der Waals surface area contributed by atoms with E-state index in [1.54, 1.807) is 12.1 Å². The van der Waals surface area contributed by atoms with Crippen LogP contribution in [0.3, 0.4) is 0 Å². The Labute approximate surface area is 100.0 Å².